The smallest absolute Gasteiger partial charge is 0.175 e. The number of hydrogen-bond donors (Lipinski definition) is 2. The molecule has 7 nitrogen and oxygen atoms in total. The SMILES string of the molecule is Cc1cc2c(cc1Sc1nc3c(N)ncnc3n1CCCNC(C)C)OCC2. The lowest BCUT2D eigenvalue weighted by atomic mass is 10.1. The molecule has 0 fully saturated rings. The van der Waals surface area contributed by atoms with E-state index >= 15 is 0 Å². The van der Waals surface area contributed by atoms with Crippen LogP contribution in [0, 0.1) is 6.92 Å². The topological polar surface area (TPSA) is 90.9 Å². The molecule has 1 aliphatic rings. The average Bonchev–Trinajstić information content (AvgIpc) is 3.24. The lowest BCUT2D eigenvalue weighted by molar-refractivity contribution is 0.356. The lowest BCUT2D eigenvalue weighted by Crippen LogP contribution is -2.24. The van der Waals surface area contributed by atoms with Crippen LogP contribution >= 0.6 is 11.8 Å². The second-order valence-corrected chi connectivity index (χ2v) is 8.37. The summed E-state index contributed by atoms with van der Waals surface area (Å²) < 4.78 is 7.90. The van der Waals surface area contributed by atoms with Crippen molar-refractivity contribution in [3.63, 3.8) is 0 Å². The number of nitrogens with one attached hydrogen (secondary N) is 1. The van der Waals surface area contributed by atoms with Gasteiger partial charge in [-0.2, -0.15) is 0 Å². The third-order valence-corrected chi connectivity index (χ3v) is 5.98. The predicted octanol–water partition coefficient (Wildman–Crippen LogP) is 3.19. The van der Waals surface area contributed by atoms with Gasteiger partial charge in [0.15, 0.2) is 22.1 Å². The number of fused-ring (bicyclic) bond motifs is 2. The molecular formula is C20H26N6OS. The number of rotatable bonds is 7. The number of nitrogen functional groups attached to an aromatic ring is 1. The number of aromatic nitrogens is 4. The van der Waals surface area contributed by atoms with Gasteiger partial charge in [-0.15, -0.1) is 0 Å². The van der Waals surface area contributed by atoms with Crippen molar-refractivity contribution in [2.45, 2.75) is 56.3 Å². The summed E-state index contributed by atoms with van der Waals surface area (Å²) in [6.07, 6.45) is 3.47. The first-order valence-corrected chi connectivity index (χ1v) is 10.5. The van der Waals surface area contributed by atoms with E-state index < -0.39 is 0 Å². The van der Waals surface area contributed by atoms with E-state index in [1.807, 2.05) is 0 Å². The Labute approximate surface area is 169 Å². The van der Waals surface area contributed by atoms with E-state index in [0.29, 0.717) is 17.4 Å². The Balaban J connectivity index is 1.66. The van der Waals surface area contributed by atoms with Crippen LogP contribution in [0.5, 0.6) is 5.75 Å². The fourth-order valence-electron chi connectivity index (χ4n) is 3.38. The molecule has 4 rings (SSSR count). The van der Waals surface area contributed by atoms with Crippen molar-refractivity contribution in [2.24, 2.45) is 0 Å². The average molecular weight is 399 g/mol. The van der Waals surface area contributed by atoms with Crippen LogP contribution in [-0.2, 0) is 13.0 Å². The van der Waals surface area contributed by atoms with Gasteiger partial charge in [-0.1, -0.05) is 31.7 Å². The Bertz CT molecular complexity index is 1000. The summed E-state index contributed by atoms with van der Waals surface area (Å²) in [5.74, 6) is 1.40. The number of benzene rings is 1. The molecule has 3 N–H and O–H groups in total. The van der Waals surface area contributed by atoms with Crippen LogP contribution in [0.15, 0.2) is 28.5 Å². The molecular weight excluding hydrogens is 372 g/mol. The Morgan fingerprint density at radius 3 is 3.00 bits per heavy atom. The van der Waals surface area contributed by atoms with Crippen molar-refractivity contribution >= 4 is 28.7 Å². The maximum Gasteiger partial charge on any atom is 0.175 e. The molecule has 3 aromatic rings. The highest BCUT2D eigenvalue weighted by Crippen LogP contribution is 2.37. The molecule has 0 unspecified atom stereocenters. The van der Waals surface area contributed by atoms with E-state index in [0.717, 1.165) is 54.0 Å². The van der Waals surface area contributed by atoms with E-state index in [1.54, 1.807) is 11.8 Å². The number of hydrogen-bond acceptors (Lipinski definition) is 7. The first-order valence-electron chi connectivity index (χ1n) is 9.67. The normalized spacial score (nSPS) is 13.3. The Kier molecular flexibility index (Phi) is 5.41. The summed E-state index contributed by atoms with van der Waals surface area (Å²) in [5, 5.41) is 4.34. The van der Waals surface area contributed by atoms with Crippen LogP contribution in [0.1, 0.15) is 31.4 Å². The van der Waals surface area contributed by atoms with Gasteiger partial charge in [0, 0.05) is 23.9 Å². The van der Waals surface area contributed by atoms with Crippen molar-refractivity contribution in [3.05, 3.63) is 29.6 Å². The van der Waals surface area contributed by atoms with Gasteiger partial charge < -0.3 is 20.4 Å². The van der Waals surface area contributed by atoms with E-state index in [9.17, 15) is 0 Å². The maximum absolute atomic E-state index is 6.06. The van der Waals surface area contributed by atoms with Crippen LogP contribution in [-0.4, -0.2) is 38.7 Å². The third kappa shape index (κ3) is 3.79. The molecule has 0 spiro atoms. The number of anilines is 1. The zero-order valence-corrected chi connectivity index (χ0v) is 17.3. The van der Waals surface area contributed by atoms with Crippen molar-refractivity contribution in [2.75, 3.05) is 18.9 Å². The molecule has 2 aromatic heterocycles. The summed E-state index contributed by atoms with van der Waals surface area (Å²) >= 11 is 1.63. The summed E-state index contributed by atoms with van der Waals surface area (Å²) in [5.41, 5.74) is 10.0. The minimum absolute atomic E-state index is 0.417. The van der Waals surface area contributed by atoms with E-state index in [4.69, 9.17) is 15.5 Å². The van der Waals surface area contributed by atoms with Gasteiger partial charge in [-0.05, 0) is 37.1 Å². The number of nitrogens with two attached hydrogens (primary N) is 1. The summed E-state index contributed by atoms with van der Waals surface area (Å²) in [6.45, 7) is 8.95. The maximum atomic E-state index is 6.06. The third-order valence-electron chi connectivity index (χ3n) is 4.82. The number of imidazole rings is 1. The number of nitrogens with zero attached hydrogens (tertiary/aromatic N) is 4. The Hall–Kier alpha value is -2.32. The first-order chi connectivity index (χ1) is 13.5. The minimum atomic E-state index is 0.417. The van der Waals surface area contributed by atoms with Gasteiger partial charge in [0.1, 0.15) is 12.1 Å². The van der Waals surface area contributed by atoms with Gasteiger partial charge in [0.05, 0.1) is 6.61 Å². The molecule has 0 aliphatic carbocycles. The molecule has 0 saturated heterocycles. The van der Waals surface area contributed by atoms with E-state index in [1.165, 1.54) is 17.5 Å². The monoisotopic (exact) mass is 398 g/mol. The molecule has 1 aliphatic heterocycles. The van der Waals surface area contributed by atoms with Crippen molar-refractivity contribution in [3.8, 4) is 5.75 Å². The van der Waals surface area contributed by atoms with Gasteiger partial charge in [-0.25, -0.2) is 15.0 Å². The highest BCUT2D eigenvalue weighted by molar-refractivity contribution is 7.99. The van der Waals surface area contributed by atoms with E-state index in [-0.39, 0.29) is 0 Å². The second kappa shape index (κ2) is 7.97. The molecule has 3 heterocycles. The first kappa shape index (κ1) is 19.0. The largest absolute Gasteiger partial charge is 0.493 e. The molecule has 1 aromatic carbocycles. The van der Waals surface area contributed by atoms with Crippen molar-refractivity contribution < 1.29 is 4.74 Å². The van der Waals surface area contributed by atoms with Gasteiger partial charge in [0.25, 0.3) is 0 Å². The highest BCUT2D eigenvalue weighted by atomic mass is 32.2. The van der Waals surface area contributed by atoms with Gasteiger partial charge >= 0.3 is 0 Å². The van der Waals surface area contributed by atoms with Crippen LogP contribution in [0.25, 0.3) is 11.2 Å². The molecule has 28 heavy (non-hydrogen) atoms. The molecule has 0 bridgehead atoms. The quantitative estimate of drug-likeness (QED) is 0.591. The molecule has 148 valence electrons. The molecule has 0 saturated carbocycles. The minimum Gasteiger partial charge on any atom is -0.493 e. The second-order valence-electron chi connectivity index (χ2n) is 7.37. The fraction of sp³-hybridized carbons (Fsp3) is 0.450. The molecule has 0 amide bonds. The Morgan fingerprint density at radius 1 is 1.32 bits per heavy atom. The zero-order chi connectivity index (χ0) is 19.7. The predicted molar refractivity (Wildman–Crippen MR) is 112 cm³/mol. The highest BCUT2D eigenvalue weighted by Gasteiger charge is 2.19. The summed E-state index contributed by atoms with van der Waals surface area (Å²) in [6, 6.07) is 4.82. The van der Waals surface area contributed by atoms with Crippen LogP contribution in [0.3, 0.4) is 0 Å². The van der Waals surface area contributed by atoms with E-state index in [2.05, 4.69) is 52.8 Å². The Morgan fingerprint density at radius 2 is 2.18 bits per heavy atom. The van der Waals surface area contributed by atoms with Crippen molar-refractivity contribution in [1.82, 2.24) is 24.8 Å². The standard InChI is InChI=1S/C20H26N6OS/c1-12(2)22-6-4-7-26-19-17(18(21)23-11-24-19)25-20(26)28-16-10-15-14(5-8-27-15)9-13(16)3/h9-12,22H,4-8H2,1-3H3,(H2,21,23,24). The van der Waals surface area contributed by atoms with Gasteiger partial charge in [-0.3, -0.25) is 0 Å². The molecule has 0 atom stereocenters. The van der Waals surface area contributed by atoms with Crippen LogP contribution in [0.4, 0.5) is 5.82 Å². The summed E-state index contributed by atoms with van der Waals surface area (Å²) in [7, 11) is 0. The number of aryl methyl sites for hydroxylation is 2. The zero-order valence-electron chi connectivity index (χ0n) is 16.5. The summed E-state index contributed by atoms with van der Waals surface area (Å²) in [4.78, 5) is 14.5. The fourth-order valence-corrected chi connectivity index (χ4v) is 4.39. The van der Waals surface area contributed by atoms with Gasteiger partial charge in [0.2, 0.25) is 0 Å². The van der Waals surface area contributed by atoms with Crippen molar-refractivity contribution in [1.29, 1.82) is 0 Å². The molecule has 8 heteroatoms. The van der Waals surface area contributed by atoms with Crippen LogP contribution < -0.4 is 15.8 Å². The lowest BCUT2D eigenvalue weighted by Gasteiger charge is -2.12. The van der Waals surface area contributed by atoms with Crippen LogP contribution in [0.2, 0.25) is 0 Å². The number of ether oxygens (including phenoxy) is 1. The molecule has 0 radical (unpaired) electrons.